The highest BCUT2D eigenvalue weighted by Crippen LogP contribution is 2.32. The predicted octanol–water partition coefficient (Wildman–Crippen LogP) is -1.88. The first-order valence-corrected chi connectivity index (χ1v) is 9.52. The molecule has 2 aliphatic rings. The van der Waals surface area contributed by atoms with Gasteiger partial charge in [0.2, 0.25) is 23.6 Å². The number of carbonyl (C=O) groups excluding carboxylic acids is 6. The Kier molecular flexibility index (Phi) is 6.72. The number of piperidine rings is 1. The van der Waals surface area contributed by atoms with Crippen LogP contribution in [0.2, 0.25) is 0 Å². The molecule has 0 spiro atoms. The number of amides is 6. The van der Waals surface area contributed by atoms with Crippen LogP contribution in [0.15, 0.2) is 18.2 Å². The standard InChI is InChI=1S/C19H21N5O7/c20-6-7-31-9-15(27)21-8-14(26)22-11-3-1-2-10-16(11)19(30)24(18(10)29)12-4-5-13(25)23-17(12)28/h1-3,12H,4-9,20H2,(H,21,27)(H,22,26)(H,23,25,28). The van der Waals surface area contributed by atoms with Crippen LogP contribution in [0.3, 0.4) is 0 Å². The molecule has 0 aromatic heterocycles. The molecule has 12 heteroatoms. The Morgan fingerprint density at radius 2 is 1.94 bits per heavy atom. The Hall–Kier alpha value is -3.64. The fraction of sp³-hybridized carbons (Fsp3) is 0.368. The summed E-state index contributed by atoms with van der Waals surface area (Å²) in [6.07, 6.45) is 0.0260. The number of anilines is 1. The van der Waals surface area contributed by atoms with Gasteiger partial charge in [0.05, 0.1) is 30.0 Å². The van der Waals surface area contributed by atoms with E-state index in [1.165, 1.54) is 18.2 Å². The van der Waals surface area contributed by atoms with E-state index in [4.69, 9.17) is 10.5 Å². The largest absolute Gasteiger partial charge is 0.370 e. The maximum Gasteiger partial charge on any atom is 0.264 e. The van der Waals surface area contributed by atoms with Crippen molar-refractivity contribution in [2.45, 2.75) is 18.9 Å². The van der Waals surface area contributed by atoms with Gasteiger partial charge in [0.1, 0.15) is 12.6 Å². The first kappa shape index (κ1) is 22.1. The minimum atomic E-state index is -1.11. The summed E-state index contributed by atoms with van der Waals surface area (Å²) in [5, 5.41) is 6.96. The molecule has 164 valence electrons. The van der Waals surface area contributed by atoms with Crippen LogP contribution < -0.4 is 21.7 Å². The lowest BCUT2D eigenvalue weighted by atomic mass is 10.0. The van der Waals surface area contributed by atoms with Gasteiger partial charge in [-0.25, -0.2) is 0 Å². The molecule has 6 amide bonds. The second-order valence-electron chi connectivity index (χ2n) is 6.84. The van der Waals surface area contributed by atoms with Gasteiger partial charge in [-0.1, -0.05) is 6.07 Å². The molecule has 1 aromatic carbocycles. The third kappa shape index (κ3) is 4.75. The number of imide groups is 2. The van der Waals surface area contributed by atoms with E-state index in [9.17, 15) is 28.8 Å². The minimum Gasteiger partial charge on any atom is -0.370 e. The summed E-state index contributed by atoms with van der Waals surface area (Å²) in [5.41, 5.74) is 5.30. The van der Waals surface area contributed by atoms with Crippen LogP contribution in [0.5, 0.6) is 0 Å². The number of fused-ring (bicyclic) bond motifs is 1. The topological polar surface area (TPSA) is 177 Å². The average Bonchev–Trinajstić information content (AvgIpc) is 2.98. The van der Waals surface area contributed by atoms with E-state index >= 15 is 0 Å². The normalized spacial score (nSPS) is 18.0. The highest BCUT2D eigenvalue weighted by atomic mass is 16.5. The molecule has 1 fully saturated rings. The summed E-state index contributed by atoms with van der Waals surface area (Å²) in [6, 6.07) is 3.21. The number of hydrogen-bond donors (Lipinski definition) is 4. The molecular weight excluding hydrogens is 410 g/mol. The lowest BCUT2D eigenvalue weighted by Crippen LogP contribution is -2.54. The van der Waals surface area contributed by atoms with Gasteiger partial charge >= 0.3 is 0 Å². The summed E-state index contributed by atoms with van der Waals surface area (Å²) >= 11 is 0. The van der Waals surface area contributed by atoms with Gasteiger partial charge in [0, 0.05) is 13.0 Å². The summed E-state index contributed by atoms with van der Waals surface area (Å²) < 4.78 is 4.96. The van der Waals surface area contributed by atoms with Gasteiger partial charge in [-0.2, -0.15) is 0 Å². The number of nitrogens with two attached hydrogens (primary N) is 1. The maximum atomic E-state index is 12.9. The Morgan fingerprint density at radius 1 is 1.16 bits per heavy atom. The van der Waals surface area contributed by atoms with E-state index in [-0.39, 0.29) is 56.0 Å². The van der Waals surface area contributed by atoms with Gasteiger partial charge in [0.25, 0.3) is 11.8 Å². The summed E-state index contributed by atoms with van der Waals surface area (Å²) in [4.78, 5) is 73.8. The zero-order chi connectivity index (χ0) is 22.5. The van der Waals surface area contributed by atoms with E-state index < -0.39 is 41.5 Å². The molecule has 2 aliphatic heterocycles. The van der Waals surface area contributed by atoms with Crippen LogP contribution >= 0.6 is 0 Å². The lowest BCUT2D eigenvalue weighted by molar-refractivity contribution is -0.136. The Morgan fingerprint density at radius 3 is 2.65 bits per heavy atom. The maximum absolute atomic E-state index is 12.9. The molecule has 0 bridgehead atoms. The Labute approximate surface area is 176 Å². The van der Waals surface area contributed by atoms with Crippen molar-refractivity contribution in [3.63, 3.8) is 0 Å². The van der Waals surface area contributed by atoms with Crippen LogP contribution in [-0.2, 0) is 23.9 Å². The molecule has 0 radical (unpaired) electrons. The summed E-state index contributed by atoms with van der Waals surface area (Å²) in [7, 11) is 0. The van der Waals surface area contributed by atoms with Crippen molar-refractivity contribution in [2.75, 3.05) is 31.6 Å². The number of nitrogens with one attached hydrogen (secondary N) is 3. The second kappa shape index (κ2) is 9.45. The van der Waals surface area contributed by atoms with Crippen molar-refractivity contribution in [3.8, 4) is 0 Å². The number of hydrogen-bond acceptors (Lipinski definition) is 8. The second-order valence-corrected chi connectivity index (χ2v) is 6.84. The smallest absolute Gasteiger partial charge is 0.264 e. The molecule has 2 heterocycles. The first-order valence-electron chi connectivity index (χ1n) is 9.52. The number of benzene rings is 1. The molecule has 31 heavy (non-hydrogen) atoms. The predicted molar refractivity (Wildman–Crippen MR) is 105 cm³/mol. The van der Waals surface area contributed by atoms with Crippen LogP contribution in [-0.4, -0.2) is 72.7 Å². The molecule has 1 aromatic rings. The lowest BCUT2D eigenvalue weighted by Gasteiger charge is -2.27. The van der Waals surface area contributed by atoms with E-state index in [0.29, 0.717) is 0 Å². The fourth-order valence-corrected chi connectivity index (χ4v) is 3.29. The van der Waals surface area contributed by atoms with Gasteiger partial charge < -0.3 is 21.1 Å². The number of rotatable bonds is 8. The fourth-order valence-electron chi connectivity index (χ4n) is 3.29. The van der Waals surface area contributed by atoms with E-state index in [1.807, 2.05) is 0 Å². The van der Waals surface area contributed by atoms with Crippen LogP contribution in [0, 0.1) is 0 Å². The zero-order valence-corrected chi connectivity index (χ0v) is 16.4. The van der Waals surface area contributed by atoms with Crippen LogP contribution in [0.25, 0.3) is 0 Å². The number of nitrogens with zero attached hydrogens (tertiary/aromatic N) is 1. The van der Waals surface area contributed by atoms with Gasteiger partial charge in [-0.05, 0) is 18.6 Å². The molecule has 1 atom stereocenters. The molecule has 5 N–H and O–H groups in total. The highest BCUT2D eigenvalue weighted by molar-refractivity contribution is 6.26. The van der Waals surface area contributed by atoms with Gasteiger partial charge in [-0.3, -0.25) is 39.0 Å². The van der Waals surface area contributed by atoms with Gasteiger partial charge in [-0.15, -0.1) is 0 Å². The van der Waals surface area contributed by atoms with Crippen LogP contribution in [0.4, 0.5) is 5.69 Å². The van der Waals surface area contributed by atoms with Crippen molar-refractivity contribution >= 4 is 41.1 Å². The highest BCUT2D eigenvalue weighted by Gasteiger charge is 2.45. The quantitative estimate of drug-likeness (QED) is 0.273. The van der Waals surface area contributed by atoms with Crippen molar-refractivity contribution in [2.24, 2.45) is 5.73 Å². The van der Waals surface area contributed by atoms with E-state index in [0.717, 1.165) is 4.90 Å². The Balaban J connectivity index is 1.69. The third-order valence-corrected chi connectivity index (χ3v) is 4.68. The van der Waals surface area contributed by atoms with Crippen molar-refractivity contribution in [3.05, 3.63) is 29.3 Å². The summed E-state index contributed by atoms with van der Waals surface area (Å²) in [5.74, 6) is -3.77. The molecule has 1 saturated heterocycles. The SMILES string of the molecule is NCCOCC(=O)NCC(=O)Nc1cccc2c1C(=O)N(C1CCC(=O)NC1=O)C2=O. The molecule has 12 nitrogen and oxygen atoms in total. The van der Waals surface area contributed by atoms with E-state index in [2.05, 4.69) is 16.0 Å². The zero-order valence-electron chi connectivity index (χ0n) is 16.4. The van der Waals surface area contributed by atoms with Gasteiger partial charge in [0.15, 0.2) is 0 Å². The third-order valence-electron chi connectivity index (χ3n) is 4.68. The van der Waals surface area contributed by atoms with Crippen molar-refractivity contribution in [1.82, 2.24) is 15.5 Å². The van der Waals surface area contributed by atoms with Crippen molar-refractivity contribution < 1.29 is 33.5 Å². The molecule has 1 unspecified atom stereocenters. The molecule has 0 saturated carbocycles. The van der Waals surface area contributed by atoms with E-state index in [1.54, 1.807) is 0 Å². The monoisotopic (exact) mass is 431 g/mol. The number of ether oxygens (including phenoxy) is 1. The average molecular weight is 431 g/mol. The molecule has 0 aliphatic carbocycles. The number of carbonyl (C=O) groups is 6. The molecular formula is C19H21N5O7. The van der Waals surface area contributed by atoms with Crippen molar-refractivity contribution in [1.29, 1.82) is 0 Å². The minimum absolute atomic E-state index is 0.00208. The van der Waals surface area contributed by atoms with Crippen LogP contribution in [0.1, 0.15) is 33.6 Å². The Bertz CT molecular complexity index is 961. The molecule has 3 rings (SSSR count). The first-order chi connectivity index (χ1) is 14.8. The summed E-state index contributed by atoms with van der Waals surface area (Å²) in [6.45, 7) is -0.169.